The van der Waals surface area contributed by atoms with Crippen LogP contribution in [0.15, 0.2) is 0 Å². The Morgan fingerprint density at radius 2 is 1.80 bits per heavy atom. The van der Waals surface area contributed by atoms with E-state index in [2.05, 4.69) is 24.5 Å². The molecule has 0 heterocycles. The molecule has 0 aromatic rings. The summed E-state index contributed by atoms with van der Waals surface area (Å²) in [7, 11) is 0. The van der Waals surface area contributed by atoms with E-state index in [9.17, 15) is 0 Å². The van der Waals surface area contributed by atoms with Crippen LogP contribution in [-0.4, -0.2) is 31.7 Å². The van der Waals surface area contributed by atoms with Crippen LogP contribution < -0.4 is 16.4 Å². The van der Waals surface area contributed by atoms with E-state index in [1.807, 2.05) is 0 Å². The summed E-state index contributed by atoms with van der Waals surface area (Å²) >= 11 is 0. The summed E-state index contributed by atoms with van der Waals surface area (Å²) in [6, 6.07) is 1.21. The van der Waals surface area contributed by atoms with Crippen molar-refractivity contribution in [2.24, 2.45) is 11.7 Å². The first-order chi connectivity index (χ1) is 9.76. The lowest BCUT2D eigenvalue weighted by molar-refractivity contribution is 0.307. The molecule has 0 amide bonds. The average molecular weight is 284 g/mol. The smallest absolute Gasteiger partial charge is 0.00643 e. The molecule has 0 spiro atoms. The van der Waals surface area contributed by atoms with Gasteiger partial charge in [0.05, 0.1) is 0 Å². The van der Waals surface area contributed by atoms with Crippen molar-refractivity contribution in [1.82, 2.24) is 10.6 Å². The van der Waals surface area contributed by atoms with Gasteiger partial charge in [-0.25, -0.2) is 0 Å². The van der Waals surface area contributed by atoms with Gasteiger partial charge in [-0.05, 0) is 76.9 Å². The fourth-order valence-electron chi connectivity index (χ4n) is 3.23. The summed E-state index contributed by atoms with van der Waals surface area (Å²) < 4.78 is 0. The molecule has 1 fully saturated rings. The van der Waals surface area contributed by atoms with Crippen molar-refractivity contribution < 1.29 is 0 Å². The molecule has 3 heteroatoms. The standard InChI is InChI=1S/C17H37N3/c1-3-6-17(4-2)20-13-5-12-19-14-11-15-7-9-16(18)10-8-15/h15-17,19-20H,3-14,18H2,1-2H3. The summed E-state index contributed by atoms with van der Waals surface area (Å²) in [6.45, 7) is 8.04. The Kier molecular flexibility index (Phi) is 10.3. The van der Waals surface area contributed by atoms with E-state index in [-0.39, 0.29) is 0 Å². The molecule has 0 saturated heterocycles. The SMILES string of the molecule is CCCC(CC)NCCCNCCC1CCC(N)CC1. The summed E-state index contributed by atoms with van der Waals surface area (Å²) in [6.07, 6.45) is 11.6. The molecule has 4 N–H and O–H groups in total. The summed E-state index contributed by atoms with van der Waals surface area (Å²) in [5.74, 6) is 0.925. The number of hydrogen-bond donors (Lipinski definition) is 3. The number of nitrogens with one attached hydrogen (secondary N) is 2. The first-order valence-electron chi connectivity index (χ1n) is 8.95. The van der Waals surface area contributed by atoms with Crippen LogP contribution in [0.25, 0.3) is 0 Å². The molecule has 1 saturated carbocycles. The lowest BCUT2D eigenvalue weighted by atomic mass is 9.84. The zero-order chi connectivity index (χ0) is 14.6. The van der Waals surface area contributed by atoms with E-state index in [0.717, 1.165) is 25.0 Å². The van der Waals surface area contributed by atoms with E-state index < -0.39 is 0 Å². The van der Waals surface area contributed by atoms with Crippen LogP contribution in [0, 0.1) is 5.92 Å². The minimum atomic E-state index is 0.486. The quantitative estimate of drug-likeness (QED) is 0.511. The maximum absolute atomic E-state index is 5.94. The summed E-state index contributed by atoms with van der Waals surface area (Å²) in [5.41, 5.74) is 5.94. The van der Waals surface area contributed by atoms with Crippen molar-refractivity contribution >= 4 is 0 Å². The Bertz CT molecular complexity index is 212. The van der Waals surface area contributed by atoms with E-state index >= 15 is 0 Å². The molecule has 3 nitrogen and oxygen atoms in total. The average Bonchev–Trinajstić information content (AvgIpc) is 2.47. The van der Waals surface area contributed by atoms with E-state index in [1.54, 1.807) is 0 Å². The van der Waals surface area contributed by atoms with Crippen molar-refractivity contribution in [3.05, 3.63) is 0 Å². The summed E-state index contributed by atoms with van der Waals surface area (Å²) in [5, 5.41) is 7.26. The van der Waals surface area contributed by atoms with Crippen LogP contribution >= 0.6 is 0 Å². The molecule has 20 heavy (non-hydrogen) atoms. The Labute approximate surface area is 126 Å². The number of hydrogen-bond acceptors (Lipinski definition) is 3. The van der Waals surface area contributed by atoms with E-state index in [4.69, 9.17) is 5.73 Å². The van der Waals surface area contributed by atoms with Gasteiger partial charge in [-0.3, -0.25) is 0 Å². The van der Waals surface area contributed by atoms with Crippen LogP contribution in [0.2, 0.25) is 0 Å². The molecule has 1 atom stereocenters. The van der Waals surface area contributed by atoms with Gasteiger partial charge in [0.25, 0.3) is 0 Å². The molecular weight excluding hydrogens is 246 g/mol. The van der Waals surface area contributed by atoms with Crippen molar-refractivity contribution in [2.75, 3.05) is 19.6 Å². The van der Waals surface area contributed by atoms with Crippen molar-refractivity contribution in [3.8, 4) is 0 Å². The van der Waals surface area contributed by atoms with E-state index in [1.165, 1.54) is 64.3 Å². The predicted octanol–water partition coefficient (Wildman–Crippen LogP) is 3.04. The second-order valence-electron chi connectivity index (χ2n) is 6.52. The molecule has 1 aliphatic rings. The first-order valence-corrected chi connectivity index (χ1v) is 8.95. The third-order valence-electron chi connectivity index (χ3n) is 4.71. The largest absolute Gasteiger partial charge is 0.328 e. The normalized spacial score (nSPS) is 24.8. The monoisotopic (exact) mass is 283 g/mol. The third kappa shape index (κ3) is 8.23. The molecule has 0 aromatic carbocycles. The van der Waals surface area contributed by atoms with Gasteiger partial charge in [-0.15, -0.1) is 0 Å². The molecule has 0 radical (unpaired) electrons. The Hall–Kier alpha value is -0.120. The van der Waals surface area contributed by atoms with Crippen LogP contribution in [0.3, 0.4) is 0 Å². The van der Waals surface area contributed by atoms with Crippen molar-refractivity contribution in [2.45, 2.75) is 83.7 Å². The second-order valence-corrected chi connectivity index (χ2v) is 6.52. The van der Waals surface area contributed by atoms with E-state index in [0.29, 0.717) is 6.04 Å². The Balaban J connectivity index is 1.87. The fourth-order valence-corrected chi connectivity index (χ4v) is 3.23. The summed E-state index contributed by atoms with van der Waals surface area (Å²) in [4.78, 5) is 0. The minimum Gasteiger partial charge on any atom is -0.328 e. The topological polar surface area (TPSA) is 50.1 Å². The molecule has 120 valence electrons. The van der Waals surface area contributed by atoms with Gasteiger partial charge in [0.1, 0.15) is 0 Å². The molecule has 1 aliphatic carbocycles. The Morgan fingerprint density at radius 3 is 2.45 bits per heavy atom. The predicted molar refractivity (Wildman–Crippen MR) is 89.0 cm³/mol. The van der Waals surface area contributed by atoms with Crippen LogP contribution in [0.5, 0.6) is 0 Å². The van der Waals surface area contributed by atoms with Crippen LogP contribution in [0.1, 0.15) is 71.6 Å². The maximum Gasteiger partial charge on any atom is 0.00643 e. The zero-order valence-electron chi connectivity index (χ0n) is 13.8. The van der Waals surface area contributed by atoms with Gasteiger partial charge < -0.3 is 16.4 Å². The van der Waals surface area contributed by atoms with Crippen molar-refractivity contribution in [1.29, 1.82) is 0 Å². The molecule has 1 unspecified atom stereocenters. The molecule has 0 aromatic heterocycles. The third-order valence-corrected chi connectivity index (χ3v) is 4.71. The van der Waals surface area contributed by atoms with Crippen LogP contribution in [-0.2, 0) is 0 Å². The Morgan fingerprint density at radius 1 is 1.05 bits per heavy atom. The first kappa shape index (κ1) is 17.9. The molecule has 1 rings (SSSR count). The van der Waals surface area contributed by atoms with Gasteiger partial charge in [0.15, 0.2) is 0 Å². The highest BCUT2D eigenvalue weighted by molar-refractivity contribution is 4.74. The van der Waals surface area contributed by atoms with Gasteiger partial charge in [0.2, 0.25) is 0 Å². The fraction of sp³-hybridized carbons (Fsp3) is 1.00. The highest BCUT2D eigenvalue weighted by Crippen LogP contribution is 2.25. The lowest BCUT2D eigenvalue weighted by Gasteiger charge is -2.26. The number of nitrogens with two attached hydrogens (primary N) is 1. The van der Waals surface area contributed by atoms with Gasteiger partial charge in [-0.2, -0.15) is 0 Å². The highest BCUT2D eigenvalue weighted by atomic mass is 14.9. The maximum atomic E-state index is 5.94. The zero-order valence-corrected chi connectivity index (χ0v) is 13.8. The van der Waals surface area contributed by atoms with Gasteiger partial charge in [0, 0.05) is 12.1 Å². The molecule has 0 aliphatic heterocycles. The van der Waals surface area contributed by atoms with Crippen molar-refractivity contribution in [3.63, 3.8) is 0 Å². The van der Waals surface area contributed by atoms with Gasteiger partial charge in [-0.1, -0.05) is 20.3 Å². The molecular formula is C17H37N3. The number of rotatable bonds is 11. The minimum absolute atomic E-state index is 0.486. The molecule has 0 bridgehead atoms. The van der Waals surface area contributed by atoms with Crippen LogP contribution in [0.4, 0.5) is 0 Å². The van der Waals surface area contributed by atoms with Gasteiger partial charge >= 0.3 is 0 Å². The lowest BCUT2D eigenvalue weighted by Crippen LogP contribution is -2.31. The second kappa shape index (κ2) is 11.5. The highest BCUT2D eigenvalue weighted by Gasteiger charge is 2.17.